The fraction of sp³-hybridized carbons (Fsp3) is 0.207. The highest BCUT2D eigenvalue weighted by atomic mass is 16.7. The van der Waals surface area contributed by atoms with E-state index in [4.69, 9.17) is 19.2 Å². The number of methoxy groups -OCH3 is 1. The second kappa shape index (κ2) is 9.09. The smallest absolute Gasteiger partial charge is 0.253 e. The Kier molecular flexibility index (Phi) is 5.39. The second-order valence-electron chi connectivity index (χ2n) is 9.57. The number of aromatic nitrogens is 3. The summed E-state index contributed by atoms with van der Waals surface area (Å²) in [5, 5.41) is 3.95. The predicted octanol–water partition coefficient (Wildman–Crippen LogP) is 4.41. The van der Waals surface area contributed by atoms with Crippen LogP contribution in [-0.2, 0) is 16.0 Å². The summed E-state index contributed by atoms with van der Waals surface area (Å²) in [6.45, 7) is 0.578. The molecular weight excluding hydrogens is 498 g/mol. The third kappa shape index (κ3) is 3.92. The van der Waals surface area contributed by atoms with Gasteiger partial charge in [-0.15, -0.1) is 0 Å². The number of hydrogen-bond acceptors (Lipinski definition) is 6. The zero-order chi connectivity index (χ0) is 26.5. The lowest BCUT2D eigenvalue weighted by Gasteiger charge is -2.16. The normalized spacial score (nSPS) is 15.8. The van der Waals surface area contributed by atoms with Crippen molar-refractivity contribution in [1.29, 1.82) is 0 Å². The number of hydrogen-bond donors (Lipinski definition) is 2. The lowest BCUT2D eigenvalue weighted by Crippen LogP contribution is -2.33. The van der Waals surface area contributed by atoms with Gasteiger partial charge in [-0.2, -0.15) is 0 Å². The topological polar surface area (TPSA) is 111 Å². The van der Waals surface area contributed by atoms with Crippen LogP contribution in [0.3, 0.4) is 0 Å². The Morgan fingerprint density at radius 3 is 2.90 bits per heavy atom. The molecule has 10 heteroatoms. The molecule has 196 valence electrons. The van der Waals surface area contributed by atoms with Gasteiger partial charge in [-0.1, -0.05) is 12.1 Å². The maximum absolute atomic E-state index is 13.8. The summed E-state index contributed by atoms with van der Waals surface area (Å²) in [6.07, 6.45) is 2.55. The van der Waals surface area contributed by atoms with E-state index in [0.29, 0.717) is 36.1 Å². The van der Waals surface area contributed by atoms with Crippen LogP contribution in [-0.4, -0.2) is 46.8 Å². The van der Waals surface area contributed by atoms with Crippen LogP contribution < -0.4 is 24.4 Å². The average Bonchev–Trinajstić information content (AvgIpc) is 3.71. The molecule has 0 spiro atoms. The number of fused-ring (bicyclic) bond motifs is 5. The second-order valence-corrected chi connectivity index (χ2v) is 9.57. The highest BCUT2D eigenvalue weighted by molar-refractivity contribution is 6.05. The van der Waals surface area contributed by atoms with Crippen molar-refractivity contribution < 1.29 is 23.8 Å². The SMILES string of the molecule is COc1ccc2[nH]cc(CCN3C(=O)[C@@H](CC(=O)Nc4ccc5c(c4)OCO5)n4c3nc3ccccc34)c2c1. The van der Waals surface area contributed by atoms with Crippen LogP contribution in [0, 0.1) is 0 Å². The van der Waals surface area contributed by atoms with E-state index in [-0.39, 0.29) is 25.0 Å². The first kappa shape index (κ1) is 23.2. The fourth-order valence-electron chi connectivity index (χ4n) is 5.39. The molecule has 5 aromatic rings. The van der Waals surface area contributed by atoms with Crippen molar-refractivity contribution in [3.05, 3.63) is 72.4 Å². The summed E-state index contributed by atoms with van der Waals surface area (Å²) in [7, 11) is 1.64. The lowest BCUT2D eigenvalue weighted by atomic mass is 10.1. The summed E-state index contributed by atoms with van der Waals surface area (Å²) in [5.41, 5.74) is 4.26. The number of nitrogens with one attached hydrogen (secondary N) is 2. The van der Waals surface area contributed by atoms with Crippen LogP contribution in [0.2, 0.25) is 0 Å². The number of ether oxygens (including phenoxy) is 3. The van der Waals surface area contributed by atoms with Gasteiger partial charge in [0.25, 0.3) is 5.91 Å². The van der Waals surface area contributed by atoms with Crippen LogP contribution in [0.4, 0.5) is 11.6 Å². The van der Waals surface area contributed by atoms with Crippen molar-refractivity contribution in [3.63, 3.8) is 0 Å². The van der Waals surface area contributed by atoms with E-state index in [2.05, 4.69) is 10.3 Å². The van der Waals surface area contributed by atoms with E-state index < -0.39 is 6.04 Å². The van der Waals surface area contributed by atoms with Crippen LogP contribution in [0.15, 0.2) is 66.9 Å². The number of benzene rings is 3. The van der Waals surface area contributed by atoms with Crippen molar-refractivity contribution in [1.82, 2.24) is 14.5 Å². The van der Waals surface area contributed by atoms with Crippen molar-refractivity contribution in [2.24, 2.45) is 0 Å². The van der Waals surface area contributed by atoms with Gasteiger partial charge >= 0.3 is 0 Å². The van der Waals surface area contributed by atoms with E-state index >= 15 is 0 Å². The van der Waals surface area contributed by atoms with E-state index in [1.165, 1.54) is 0 Å². The first-order chi connectivity index (χ1) is 19.1. The number of imidazole rings is 1. The number of para-hydroxylation sites is 2. The van der Waals surface area contributed by atoms with Gasteiger partial charge < -0.3 is 24.5 Å². The Bertz CT molecular complexity index is 1760. The largest absolute Gasteiger partial charge is 0.497 e. The summed E-state index contributed by atoms with van der Waals surface area (Å²) in [6, 6.07) is 18.1. The molecule has 10 nitrogen and oxygen atoms in total. The Balaban J connectivity index is 1.15. The first-order valence-corrected chi connectivity index (χ1v) is 12.7. The Morgan fingerprint density at radius 1 is 1.13 bits per heavy atom. The minimum atomic E-state index is -0.704. The molecule has 2 aliphatic heterocycles. The monoisotopic (exact) mass is 523 g/mol. The zero-order valence-electron chi connectivity index (χ0n) is 21.1. The number of aromatic amines is 1. The molecule has 2 aliphatic rings. The molecule has 0 saturated heterocycles. The van der Waals surface area contributed by atoms with Crippen molar-refractivity contribution in [2.45, 2.75) is 18.9 Å². The first-order valence-electron chi connectivity index (χ1n) is 12.7. The number of rotatable bonds is 7. The molecular formula is C29H25N5O5. The molecule has 2 N–H and O–H groups in total. The highest BCUT2D eigenvalue weighted by Crippen LogP contribution is 2.38. The van der Waals surface area contributed by atoms with E-state index in [1.807, 2.05) is 53.2 Å². The molecule has 0 unspecified atom stereocenters. The molecule has 0 bridgehead atoms. The standard InChI is InChI=1S/C29H25N5O5/c1-37-19-7-8-21-20(13-19)17(15-30-21)10-11-33-28(36)24(34-23-5-3-2-4-22(23)32-29(33)34)14-27(35)31-18-6-9-25-26(12-18)39-16-38-25/h2-9,12-13,15,24,30H,10-11,14,16H2,1H3,(H,31,35)/t24-/m1/s1. The van der Waals surface area contributed by atoms with E-state index in [9.17, 15) is 9.59 Å². The molecule has 0 radical (unpaired) electrons. The maximum atomic E-state index is 13.8. The molecule has 2 amide bonds. The molecule has 0 fully saturated rings. The number of nitrogens with zero attached hydrogens (tertiary/aromatic N) is 3. The Labute approximate surface area is 223 Å². The van der Waals surface area contributed by atoms with Gasteiger partial charge in [0.1, 0.15) is 11.8 Å². The molecule has 0 aliphatic carbocycles. The number of carbonyl (C=O) groups excluding carboxylic acids is 2. The Hall–Kier alpha value is -4.99. The molecule has 2 aromatic heterocycles. The third-order valence-electron chi connectivity index (χ3n) is 7.30. The number of carbonyl (C=O) groups is 2. The van der Waals surface area contributed by atoms with E-state index in [0.717, 1.165) is 33.2 Å². The molecule has 1 atom stereocenters. The minimum Gasteiger partial charge on any atom is -0.497 e. The fourth-order valence-corrected chi connectivity index (χ4v) is 5.39. The Morgan fingerprint density at radius 2 is 2.00 bits per heavy atom. The quantitative estimate of drug-likeness (QED) is 0.327. The summed E-state index contributed by atoms with van der Waals surface area (Å²) in [5.74, 6) is 2.12. The minimum absolute atomic E-state index is 0.0264. The molecule has 3 aromatic carbocycles. The van der Waals surface area contributed by atoms with Gasteiger partial charge in [0.05, 0.1) is 24.6 Å². The van der Waals surface area contributed by atoms with Gasteiger partial charge in [-0.05, 0) is 54.4 Å². The highest BCUT2D eigenvalue weighted by Gasteiger charge is 2.40. The predicted molar refractivity (Wildman–Crippen MR) is 145 cm³/mol. The third-order valence-corrected chi connectivity index (χ3v) is 7.30. The van der Waals surface area contributed by atoms with Crippen LogP contribution >= 0.6 is 0 Å². The average molecular weight is 524 g/mol. The van der Waals surface area contributed by atoms with Crippen molar-refractivity contribution >= 4 is 45.4 Å². The van der Waals surface area contributed by atoms with Crippen LogP contribution in [0.5, 0.6) is 17.2 Å². The maximum Gasteiger partial charge on any atom is 0.253 e. The van der Waals surface area contributed by atoms with Crippen LogP contribution in [0.1, 0.15) is 18.0 Å². The van der Waals surface area contributed by atoms with Gasteiger partial charge in [-0.3, -0.25) is 19.1 Å². The van der Waals surface area contributed by atoms with E-state index in [1.54, 1.807) is 30.2 Å². The van der Waals surface area contributed by atoms with Gasteiger partial charge in [0.15, 0.2) is 11.5 Å². The van der Waals surface area contributed by atoms with Crippen molar-refractivity contribution in [2.75, 3.05) is 30.7 Å². The summed E-state index contributed by atoms with van der Waals surface area (Å²) >= 11 is 0. The molecule has 0 saturated carbocycles. The molecule has 39 heavy (non-hydrogen) atoms. The summed E-state index contributed by atoms with van der Waals surface area (Å²) < 4.78 is 18.0. The number of H-pyrrole nitrogens is 1. The van der Waals surface area contributed by atoms with Crippen LogP contribution in [0.25, 0.3) is 21.9 Å². The lowest BCUT2D eigenvalue weighted by molar-refractivity contribution is -0.124. The molecule has 7 rings (SSSR count). The molecule has 4 heterocycles. The van der Waals surface area contributed by atoms with Crippen molar-refractivity contribution in [3.8, 4) is 17.2 Å². The number of amides is 2. The number of anilines is 2. The van der Waals surface area contributed by atoms with Gasteiger partial charge in [0.2, 0.25) is 18.6 Å². The van der Waals surface area contributed by atoms with Gasteiger partial charge in [-0.25, -0.2) is 4.98 Å². The summed E-state index contributed by atoms with van der Waals surface area (Å²) in [4.78, 5) is 36.6. The zero-order valence-corrected chi connectivity index (χ0v) is 21.1. The van der Waals surface area contributed by atoms with Gasteiger partial charge in [0, 0.05) is 35.4 Å².